The smallest absolute Gasteiger partial charge is 0.253 e. The van der Waals surface area contributed by atoms with Gasteiger partial charge >= 0.3 is 0 Å². The van der Waals surface area contributed by atoms with E-state index in [4.69, 9.17) is 11.6 Å². The van der Waals surface area contributed by atoms with E-state index in [0.29, 0.717) is 23.4 Å². The third kappa shape index (κ3) is 2.83. The van der Waals surface area contributed by atoms with Crippen molar-refractivity contribution >= 4 is 17.5 Å². The van der Waals surface area contributed by atoms with Gasteiger partial charge in [0.2, 0.25) is 0 Å². The summed E-state index contributed by atoms with van der Waals surface area (Å²) in [6, 6.07) is 3.92. The van der Waals surface area contributed by atoms with Crippen LogP contribution in [0.4, 0.5) is 4.39 Å². The summed E-state index contributed by atoms with van der Waals surface area (Å²) in [6.45, 7) is 5.09. The van der Waals surface area contributed by atoms with Gasteiger partial charge in [-0.2, -0.15) is 0 Å². The molecule has 0 N–H and O–H groups in total. The Morgan fingerprint density at radius 1 is 1.50 bits per heavy atom. The number of benzene rings is 1. The number of carbonyl (C=O) groups is 1. The van der Waals surface area contributed by atoms with E-state index < -0.39 is 5.82 Å². The molecule has 0 unspecified atom stereocenters. The van der Waals surface area contributed by atoms with Crippen LogP contribution in [0.5, 0.6) is 0 Å². The van der Waals surface area contributed by atoms with E-state index in [-0.39, 0.29) is 10.9 Å². The number of hydrogen-bond acceptors (Lipinski definition) is 1. The largest absolute Gasteiger partial charge is 0.341 e. The number of carbonyl (C=O) groups excluding carboxylic acids is 1. The van der Waals surface area contributed by atoms with Crippen molar-refractivity contribution in [1.29, 1.82) is 0 Å². The van der Waals surface area contributed by atoms with Crippen molar-refractivity contribution in [3.8, 4) is 0 Å². The number of hydrogen-bond donors (Lipinski definition) is 0. The van der Waals surface area contributed by atoms with Crippen molar-refractivity contribution in [3.05, 3.63) is 34.6 Å². The molecule has 1 fully saturated rings. The van der Waals surface area contributed by atoms with Crippen LogP contribution in [-0.4, -0.2) is 24.4 Å². The van der Waals surface area contributed by atoms with Crippen LogP contribution in [0.2, 0.25) is 5.02 Å². The van der Waals surface area contributed by atoms with E-state index in [9.17, 15) is 9.18 Å². The normalized spacial score (nSPS) is 20.6. The Labute approximate surface area is 112 Å². The Balaban J connectivity index is 2.06. The van der Waals surface area contributed by atoms with Crippen LogP contribution < -0.4 is 0 Å². The molecule has 1 amide bonds. The fourth-order valence-electron chi connectivity index (χ4n) is 2.20. The molecule has 98 valence electrons. The minimum absolute atomic E-state index is 0.181. The number of rotatable bonds is 3. The van der Waals surface area contributed by atoms with Gasteiger partial charge in [0.05, 0.1) is 0 Å². The lowest BCUT2D eigenvalue weighted by atomic mass is 10.1. The average molecular weight is 270 g/mol. The summed E-state index contributed by atoms with van der Waals surface area (Å²) >= 11 is 5.75. The third-order valence-corrected chi connectivity index (χ3v) is 3.89. The van der Waals surface area contributed by atoms with Crippen LogP contribution in [-0.2, 0) is 0 Å². The molecule has 0 aromatic heterocycles. The summed E-state index contributed by atoms with van der Waals surface area (Å²) in [5.74, 6) is -0.124. The molecule has 1 aromatic carbocycles. The third-order valence-electron chi connectivity index (χ3n) is 3.67. The number of halogens is 2. The fourth-order valence-corrected chi connectivity index (χ4v) is 2.42. The SMILES string of the molecule is CN(C[C@H]1CC1(C)C)C(=O)c1cc(F)cc(Cl)c1. The molecule has 0 aliphatic heterocycles. The first-order valence-corrected chi connectivity index (χ1v) is 6.39. The van der Waals surface area contributed by atoms with Gasteiger partial charge in [-0.15, -0.1) is 0 Å². The van der Waals surface area contributed by atoms with Crippen molar-refractivity contribution in [2.75, 3.05) is 13.6 Å². The molecule has 1 atom stereocenters. The highest BCUT2D eigenvalue weighted by Crippen LogP contribution is 2.51. The lowest BCUT2D eigenvalue weighted by molar-refractivity contribution is 0.0783. The predicted molar refractivity (Wildman–Crippen MR) is 70.3 cm³/mol. The molecule has 1 aromatic rings. The summed E-state index contributed by atoms with van der Waals surface area (Å²) < 4.78 is 13.2. The Morgan fingerprint density at radius 3 is 2.61 bits per heavy atom. The Hall–Kier alpha value is -1.09. The molecular formula is C14H17ClFNO. The zero-order valence-electron chi connectivity index (χ0n) is 10.8. The lowest BCUT2D eigenvalue weighted by Crippen LogP contribution is -2.29. The van der Waals surface area contributed by atoms with Crippen LogP contribution in [0.3, 0.4) is 0 Å². The van der Waals surface area contributed by atoms with Gasteiger partial charge in [-0.3, -0.25) is 4.79 Å². The van der Waals surface area contributed by atoms with E-state index in [1.807, 2.05) is 0 Å². The Kier molecular flexibility index (Phi) is 3.37. The van der Waals surface area contributed by atoms with Crippen molar-refractivity contribution in [2.24, 2.45) is 11.3 Å². The molecular weight excluding hydrogens is 253 g/mol. The van der Waals surface area contributed by atoms with Crippen LogP contribution in [0, 0.1) is 17.2 Å². The maximum atomic E-state index is 13.2. The first-order valence-electron chi connectivity index (χ1n) is 6.01. The van der Waals surface area contributed by atoms with Crippen LogP contribution in [0.25, 0.3) is 0 Å². The van der Waals surface area contributed by atoms with Crippen LogP contribution in [0.1, 0.15) is 30.6 Å². The molecule has 4 heteroatoms. The van der Waals surface area contributed by atoms with E-state index in [0.717, 1.165) is 6.42 Å². The zero-order chi connectivity index (χ0) is 13.5. The van der Waals surface area contributed by atoms with Gasteiger partial charge in [0.25, 0.3) is 5.91 Å². The van der Waals surface area contributed by atoms with E-state index >= 15 is 0 Å². The Morgan fingerprint density at radius 2 is 2.11 bits per heavy atom. The molecule has 0 spiro atoms. The van der Waals surface area contributed by atoms with Crippen molar-refractivity contribution in [2.45, 2.75) is 20.3 Å². The van der Waals surface area contributed by atoms with Crippen molar-refractivity contribution < 1.29 is 9.18 Å². The fraction of sp³-hybridized carbons (Fsp3) is 0.500. The number of amides is 1. The van der Waals surface area contributed by atoms with Crippen molar-refractivity contribution in [1.82, 2.24) is 4.90 Å². The molecule has 0 saturated heterocycles. The van der Waals surface area contributed by atoms with Crippen LogP contribution >= 0.6 is 11.6 Å². The highest BCUT2D eigenvalue weighted by Gasteiger charge is 2.46. The molecule has 1 aliphatic rings. The topological polar surface area (TPSA) is 20.3 Å². The summed E-state index contributed by atoms with van der Waals surface area (Å²) in [5, 5.41) is 0.249. The molecule has 2 rings (SSSR count). The standard InChI is InChI=1S/C14H17ClFNO/c1-14(2)7-10(14)8-17(3)13(18)9-4-11(15)6-12(16)5-9/h4-6,10H,7-8H2,1-3H3/t10-/m1/s1. The first kappa shape index (κ1) is 13.3. The van der Waals surface area contributed by atoms with Gasteiger partial charge in [-0.25, -0.2) is 4.39 Å². The molecule has 0 heterocycles. The van der Waals surface area contributed by atoms with Gasteiger partial charge in [0.1, 0.15) is 5.82 Å². The van der Waals surface area contributed by atoms with Crippen molar-refractivity contribution in [3.63, 3.8) is 0 Å². The van der Waals surface area contributed by atoms with Gasteiger partial charge in [0, 0.05) is 24.2 Å². The number of nitrogens with zero attached hydrogens (tertiary/aromatic N) is 1. The van der Waals surface area contributed by atoms with E-state index in [1.54, 1.807) is 11.9 Å². The molecule has 2 nitrogen and oxygen atoms in total. The Bertz CT molecular complexity index is 466. The zero-order valence-corrected chi connectivity index (χ0v) is 11.6. The summed E-state index contributed by atoms with van der Waals surface area (Å²) in [7, 11) is 1.75. The summed E-state index contributed by atoms with van der Waals surface area (Å²) in [5.41, 5.74) is 0.634. The van der Waals surface area contributed by atoms with E-state index in [2.05, 4.69) is 13.8 Å². The highest BCUT2D eigenvalue weighted by molar-refractivity contribution is 6.31. The van der Waals surface area contributed by atoms with E-state index in [1.165, 1.54) is 18.2 Å². The van der Waals surface area contributed by atoms with Gasteiger partial charge in [-0.1, -0.05) is 25.4 Å². The maximum Gasteiger partial charge on any atom is 0.253 e. The van der Waals surface area contributed by atoms with Gasteiger partial charge in [-0.05, 0) is 36.0 Å². The van der Waals surface area contributed by atoms with Crippen LogP contribution in [0.15, 0.2) is 18.2 Å². The lowest BCUT2D eigenvalue weighted by Gasteiger charge is -2.18. The molecule has 18 heavy (non-hydrogen) atoms. The minimum atomic E-state index is -0.481. The monoisotopic (exact) mass is 269 g/mol. The molecule has 1 aliphatic carbocycles. The highest BCUT2D eigenvalue weighted by atomic mass is 35.5. The van der Waals surface area contributed by atoms with Gasteiger partial charge in [0.15, 0.2) is 0 Å². The average Bonchev–Trinajstić information content (AvgIpc) is 2.83. The molecule has 0 radical (unpaired) electrons. The predicted octanol–water partition coefficient (Wildman–Crippen LogP) is 3.60. The second-order valence-electron chi connectivity index (χ2n) is 5.73. The maximum absolute atomic E-state index is 13.2. The molecule has 0 bridgehead atoms. The van der Waals surface area contributed by atoms with Gasteiger partial charge < -0.3 is 4.90 Å². The quantitative estimate of drug-likeness (QED) is 0.821. The summed E-state index contributed by atoms with van der Waals surface area (Å²) in [6.07, 6.45) is 1.13. The minimum Gasteiger partial charge on any atom is -0.341 e. The first-order chi connectivity index (χ1) is 8.29. The summed E-state index contributed by atoms with van der Waals surface area (Å²) in [4.78, 5) is 13.8. The molecule has 1 saturated carbocycles. The second kappa shape index (κ2) is 4.54. The second-order valence-corrected chi connectivity index (χ2v) is 6.17.